The van der Waals surface area contributed by atoms with Crippen LogP contribution in [0.3, 0.4) is 0 Å². The van der Waals surface area contributed by atoms with E-state index in [1.54, 1.807) is 0 Å². The van der Waals surface area contributed by atoms with Crippen LogP contribution in [-0.2, 0) is 9.53 Å². The molecule has 2 aliphatic rings. The molecule has 1 amide bonds. The van der Waals surface area contributed by atoms with Gasteiger partial charge < -0.3 is 14.8 Å². The summed E-state index contributed by atoms with van der Waals surface area (Å²) >= 11 is 0. The van der Waals surface area contributed by atoms with Gasteiger partial charge in [-0.1, -0.05) is 5.16 Å². The van der Waals surface area contributed by atoms with Crippen molar-refractivity contribution in [3.05, 3.63) is 0 Å². The third kappa shape index (κ3) is 3.70. The van der Waals surface area contributed by atoms with Gasteiger partial charge in [0.15, 0.2) is 0 Å². The number of likely N-dealkylation sites (tertiary alicyclic amines) is 1. The van der Waals surface area contributed by atoms with Gasteiger partial charge in [-0.25, -0.2) is 0 Å². The molecule has 18 heavy (non-hydrogen) atoms. The third-order valence-electron chi connectivity index (χ3n) is 3.79. The van der Waals surface area contributed by atoms with Crippen molar-refractivity contribution in [2.24, 2.45) is 5.16 Å². The summed E-state index contributed by atoms with van der Waals surface area (Å²) in [6.07, 6.45) is 6.56. The van der Waals surface area contributed by atoms with Crippen LogP contribution in [0.15, 0.2) is 5.16 Å². The molecule has 5 heteroatoms. The van der Waals surface area contributed by atoms with E-state index in [-0.39, 0.29) is 12.0 Å². The lowest BCUT2D eigenvalue weighted by molar-refractivity contribution is -0.132. The molecule has 0 bridgehead atoms. The molecule has 1 N–H and O–H groups in total. The van der Waals surface area contributed by atoms with Crippen molar-refractivity contribution < 1.29 is 14.7 Å². The average Bonchev–Trinajstić information content (AvgIpc) is 2.46. The van der Waals surface area contributed by atoms with E-state index in [0.29, 0.717) is 32.4 Å². The van der Waals surface area contributed by atoms with Gasteiger partial charge in [0, 0.05) is 39.0 Å². The van der Waals surface area contributed by atoms with Crippen molar-refractivity contribution in [2.75, 3.05) is 19.7 Å². The van der Waals surface area contributed by atoms with E-state index in [0.717, 1.165) is 31.6 Å². The standard InChI is InChI=1S/C13H22N2O3/c16-13(5-4-12-3-1-2-10-18-12)15-8-6-11(14-17)7-9-15/h12,17H,1-10H2. The molecule has 0 aromatic carbocycles. The Morgan fingerprint density at radius 2 is 2.17 bits per heavy atom. The summed E-state index contributed by atoms with van der Waals surface area (Å²) in [5.74, 6) is 0.209. The van der Waals surface area contributed by atoms with Crippen LogP contribution in [0.1, 0.15) is 44.9 Å². The molecular formula is C13H22N2O3. The van der Waals surface area contributed by atoms with E-state index in [4.69, 9.17) is 9.94 Å². The first-order chi connectivity index (χ1) is 8.79. The lowest BCUT2D eigenvalue weighted by Crippen LogP contribution is -2.39. The van der Waals surface area contributed by atoms with Crippen LogP contribution in [0.2, 0.25) is 0 Å². The average molecular weight is 254 g/mol. The summed E-state index contributed by atoms with van der Waals surface area (Å²) in [6, 6.07) is 0. The highest BCUT2D eigenvalue weighted by Crippen LogP contribution is 2.18. The molecule has 0 aromatic heterocycles. The smallest absolute Gasteiger partial charge is 0.222 e. The van der Waals surface area contributed by atoms with Crippen molar-refractivity contribution in [1.29, 1.82) is 0 Å². The molecule has 5 nitrogen and oxygen atoms in total. The Labute approximate surface area is 108 Å². The zero-order valence-corrected chi connectivity index (χ0v) is 10.8. The van der Waals surface area contributed by atoms with Gasteiger partial charge in [0.2, 0.25) is 5.91 Å². The van der Waals surface area contributed by atoms with Gasteiger partial charge in [-0.15, -0.1) is 0 Å². The minimum absolute atomic E-state index is 0.209. The van der Waals surface area contributed by atoms with Crippen molar-refractivity contribution in [2.45, 2.75) is 51.0 Å². The summed E-state index contributed by atoms with van der Waals surface area (Å²) in [4.78, 5) is 13.9. The topological polar surface area (TPSA) is 62.1 Å². The molecule has 0 aromatic rings. The van der Waals surface area contributed by atoms with E-state index in [2.05, 4.69) is 5.16 Å². The maximum absolute atomic E-state index is 12.0. The first-order valence-electron chi connectivity index (χ1n) is 6.89. The van der Waals surface area contributed by atoms with Gasteiger partial charge in [-0.05, 0) is 25.7 Å². The van der Waals surface area contributed by atoms with Crippen LogP contribution in [-0.4, -0.2) is 47.5 Å². The molecule has 0 saturated carbocycles. The minimum Gasteiger partial charge on any atom is -0.411 e. The predicted molar refractivity (Wildman–Crippen MR) is 67.9 cm³/mol. The lowest BCUT2D eigenvalue weighted by Gasteiger charge is -2.28. The number of oxime groups is 1. The van der Waals surface area contributed by atoms with Crippen LogP contribution >= 0.6 is 0 Å². The Morgan fingerprint density at radius 1 is 1.39 bits per heavy atom. The van der Waals surface area contributed by atoms with Gasteiger partial charge in [-0.2, -0.15) is 0 Å². The van der Waals surface area contributed by atoms with E-state index < -0.39 is 0 Å². The SMILES string of the molecule is O=C(CCC1CCCCO1)N1CCC(=NO)CC1. The predicted octanol–water partition coefficient (Wildman–Crippen LogP) is 1.79. The van der Waals surface area contributed by atoms with E-state index in [1.165, 1.54) is 6.42 Å². The Kier molecular flexibility index (Phi) is 4.99. The van der Waals surface area contributed by atoms with Crippen LogP contribution < -0.4 is 0 Å². The summed E-state index contributed by atoms with van der Waals surface area (Å²) in [7, 11) is 0. The highest BCUT2D eigenvalue weighted by atomic mass is 16.5. The fourth-order valence-corrected chi connectivity index (χ4v) is 2.59. The van der Waals surface area contributed by atoms with Gasteiger partial charge >= 0.3 is 0 Å². The molecule has 0 aliphatic carbocycles. The fourth-order valence-electron chi connectivity index (χ4n) is 2.59. The quantitative estimate of drug-likeness (QED) is 0.617. The Bertz CT molecular complexity index is 301. The zero-order valence-electron chi connectivity index (χ0n) is 10.8. The lowest BCUT2D eigenvalue weighted by atomic mass is 10.0. The second kappa shape index (κ2) is 6.73. The molecule has 2 aliphatic heterocycles. The van der Waals surface area contributed by atoms with Crippen molar-refractivity contribution in [3.63, 3.8) is 0 Å². The normalized spacial score (nSPS) is 25.0. The first kappa shape index (κ1) is 13.3. The highest BCUT2D eigenvalue weighted by Gasteiger charge is 2.21. The molecule has 2 fully saturated rings. The number of nitrogens with zero attached hydrogens (tertiary/aromatic N) is 2. The molecule has 0 spiro atoms. The second-order valence-electron chi connectivity index (χ2n) is 5.07. The summed E-state index contributed by atoms with van der Waals surface area (Å²) < 4.78 is 5.63. The molecule has 0 radical (unpaired) electrons. The molecule has 2 saturated heterocycles. The van der Waals surface area contributed by atoms with Gasteiger partial charge in [-0.3, -0.25) is 4.79 Å². The number of ether oxygens (including phenoxy) is 1. The van der Waals surface area contributed by atoms with Crippen LogP contribution in [0.4, 0.5) is 0 Å². The van der Waals surface area contributed by atoms with Crippen LogP contribution in [0.5, 0.6) is 0 Å². The van der Waals surface area contributed by atoms with Gasteiger partial charge in [0.25, 0.3) is 0 Å². The molecule has 2 heterocycles. The summed E-state index contributed by atoms with van der Waals surface area (Å²) in [5.41, 5.74) is 0.801. The number of rotatable bonds is 3. The molecule has 102 valence electrons. The van der Waals surface area contributed by atoms with Crippen LogP contribution in [0, 0.1) is 0 Å². The van der Waals surface area contributed by atoms with E-state index >= 15 is 0 Å². The van der Waals surface area contributed by atoms with Crippen molar-refractivity contribution in [3.8, 4) is 0 Å². The first-order valence-corrected chi connectivity index (χ1v) is 6.89. The number of carbonyl (C=O) groups is 1. The molecular weight excluding hydrogens is 232 g/mol. The number of hydrogen-bond donors (Lipinski definition) is 1. The van der Waals surface area contributed by atoms with Crippen LogP contribution in [0.25, 0.3) is 0 Å². The Hall–Kier alpha value is -1.10. The van der Waals surface area contributed by atoms with Gasteiger partial charge in [0.1, 0.15) is 0 Å². The zero-order chi connectivity index (χ0) is 12.8. The van der Waals surface area contributed by atoms with Crippen molar-refractivity contribution in [1.82, 2.24) is 4.90 Å². The second-order valence-corrected chi connectivity index (χ2v) is 5.07. The number of carbonyl (C=O) groups excluding carboxylic acids is 1. The Morgan fingerprint density at radius 3 is 2.78 bits per heavy atom. The monoisotopic (exact) mass is 254 g/mol. The minimum atomic E-state index is 0.209. The molecule has 2 rings (SSSR count). The van der Waals surface area contributed by atoms with Gasteiger partial charge in [0.05, 0.1) is 11.8 Å². The largest absolute Gasteiger partial charge is 0.411 e. The highest BCUT2D eigenvalue weighted by molar-refractivity contribution is 5.87. The van der Waals surface area contributed by atoms with E-state index in [9.17, 15) is 4.79 Å². The number of piperidine rings is 1. The number of amides is 1. The number of hydrogen-bond acceptors (Lipinski definition) is 4. The maximum Gasteiger partial charge on any atom is 0.222 e. The summed E-state index contributed by atoms with van der Waals surface area (Å²) in [6.45, 7) is 2.21. The molecule has 1 atom stereocenters. The molecule has 1 unspecified atom stereocenters. The van der Waals surface area contributed by atoms with E-state index in [1.807, 2.05) is 4.90 Å². The summed E-state index contributed by atoms with van der Waals surface area (Å²) in [5, 5.41) is 11.9. The third-order valence-corrected chi connectivity index (χ3v) is 3.79. The maximum atomic E-state index is 12.0. The Balaban J connectivity index is 1.68. The fraction of sp³-hybridized carbons (Fsp3) is 0.846. The van der Waals surface area contributed by atoms with Crippen molar-refractivity contribution >= 4 is 11.6 Å².